The molecule has 0 bridgehead atoms. The molecule has 0 spiro atoms. The third-order valence-corrected chi connectivity index (χ3v) is 4.11. The molecule has 5 N–H and O–H groups in total. The molecule has 1 aliphatic rings. The summed E-state index contributed by atoms with van der Waals surface area (Å²) in [5, 5.41) is 21.9. The average molecular weight is 375 g/mol. The molecule has 1 fully saturated rings. The molecule has 2 amide bonds. The van der Waals surface area contributed by atoms with Crippen molar-refractivity contribution in [1.29, 1.82) is 0 Å². The van der Waals surface area contributed by atoms with Crippen LogP contribution in [-0.2, 0) is 22.3 Å². The SMILES string of the molecule is N[C@@H]1CCN(C(=O)[C@H](O)[C@@H](O)C(=O)NCc2ccc(C(F)(F)F)cc2)C1. The van der Waals surface area contributed by atoms with E-state index in [0.29, 0.717) is 18.5 Å². The van der Waals surface area contributed by atoms with Crippen LogP contribution >= 0.6 is 0 Å². The van der Waals surface area contributed by atoms with Gasteiger partial charge in [0.2, 0.25) is 0 Å². The van der Waals surface area contributed by atoms with Gasteiger partial charge in [0.15, 0.2) is 12.2 Å². The Morgan fingerprint density at radius 3 is 2.35 bits per heavy atom. The normalized spacial score (nSPS) is 19.9. The molecule has 2 rings (SSSR count). The highest BCUT2D eigenvalue weighted by molar-refractivity contribution is 5.90. The maximum absolute atomic E-state index is 12.5. The lowest BCUT2D eigenvalue weighted by atomic mass is 10.1. The molecule has 0 aromatic heterocycles. The van der Waals surface area contributed by atoms with Crippen molar-refractivity contribution in [3.05, 3.63) is 35.4 Å². The second-order valence-electron chi connectivity index (χ2n) is 6.14. The lowest BCUT2D eigenvalue weighted by Crippen LogP contribution is -2.50. The second kappa shape index (κ2) is 8.02. The maximum Gasteiger partial charge on any atom is 0.416 e. The lowest BCUT2D eigenvalue weighted by molar-refractivity contribution is -0.152. The van der Waals surface area contributed by atoms with E-state index in [1.54, 1.807) is 0 Å². The quantitative estimate of drug-likeness (QED) is 0.559. The molecule has 1 aliphatic heterocycles. The minimum absolute atomic E-state index is 0.163. The van der Waals surface area contributed by atoms with Crippen molar-refractivity contribution in [2.45, 2.75) is 37.4 Å². The van der Waals surface area contributed by atoms with Crippen molar-refractivity contribution in [1.82, 2.24) is 10.2 Å². The first-order chi connectivity index (χ1) is 12.1. The fourth-order valence-electron chi connectivity index (χ4n) is 2.56. The second-order valence-corrected chi connectivity index (χ2v) is 6.14. The predicted molar refractivity (Wildman–Crippen MR) is 84.5 cm³/mol. The van der Waals surface area contributed by atoms with Crippen molar-refractivity contribution >= 4 is 11.8 Å². The molecule has 1 aromatic carbocycles. The summed E-state index contributed by atoms with van der Waals surface area (Å²) < 4.78 is 37.4. The molecule has 1 heterocycles. The summed E-state index contributed by atoms with van der Waals surface area (Å²) in [4.78, 5) is 25.2. The van der Waals surface area contributed by atoms with Gasteiger partial charge in [0, 0.05) is 25.7 Å². The van der Waals surface area contributed by atoms with Crippen LogP contribution in [0, 0.1) is 0 Å². The molecule has 3 atom stereocenters. The summed E-state index contributed by atoms with van der Waals surface area (Å²) in [6.07, 6.45) is -7.82. The monoisotopic (exact) mass is 375 g/mol. The van der Waals surface area contributed by atoms with E-state index >= 15 is 0 Å². The zero-order valence-electron chi connectivity index (χ0n) is 13.7. The van der Waals surface area contributed by atoms with Crippen LogP contribution < -0.4 is 11.1 Å². The summed E-state index contributed by atoms with van der Waals surface area (Å²) in [6, 6.07) is 3.89. The molecule has 1 aromatic rings. The average Bonchev–Trinajstić information content (AvgIpc) is 3.03. The first-order valence-electron chi connectivity index (χ1n) is 7.94. The van der Waals surface area contributed by atoms with E-state index in [2.05, 4.69) is 5.32 Å². The number of benzene rings is 1. The van der Waals surface area contributed by atoms with Gasteiger partial charge in [-0.15, -0.1) is 0 Å². The first kappa shape index (κ1) is 20.1. The Kier molecular flexibility index (Phi) is 6.21. The number of carbonyl (C=O) groups is 2. The fourth-order valence-corrected chi connectivity index (χ4v) is 2.56. The number of carbonyl (C=O) groups excluding carboxylic acids is 2. The number of aliphatic hydroxyl groups is 2. The number of alkyl halides is 3. The Morgan fingerprint density at radius 2 is 1.85 bits per heavy atom. The number of amides is 2. The van der Waals surface area contributed by atoms with Gasteiger partial charge < -0.3 is 26.2 Å². The Bertz CT molecular complexity index is 651. The van der Waals surface area contributed by atoms with Crippen LogP contribution in [0.1, 0.15) is 17.5 Å². The van der Waals surface area contributed by atoms with Gasteiger partial charge in [0.05, 0.1) is 5.56 Å². The van der Waals surface area contributed by atoms with Crippen LogP contribution in [0.3, 0.4) is 0 Å². The third kappa shape index (κ3) is 4.93. The van der Waals surface area contributed by atoms with Crippen molar-refractivity contribution in [2.24, 2.45) is 5.73 Å². The van der Waals surface area contributed by atoms with Crippen LogP contribution in [-0.4, -0.2) is 58.3 Å². The summed E-state index contributed by atoms with van der Waals surface area (Å²) in [5.41, 5.74) is 5.20. The molecule has 26 heavy (non-hydrogen) atoms. The number of nitrogens with zero attached hydrogens (tertiary/aromatic N) is 1. The van der Waals surface area contributed by atoms with Gasteiger partial charge in [0.25, 0.3) is 11.8 Å². The Morgan fingerprint density at radius 1 is 1.23 bits per heavy atom. The van der Waals surface area contributed by atoms with Crippen molar-refractivity contribution in [3.63, 3.8) is 0 Å². The van der Waals surface area contributed by atoms with Gasteiger partial charge in [-0.25, -0.2) is 0 Å². The zero-order chi connectivity index (χ0) is 19.5. The highest BCUT2D eigenvalue weighted by atomic mass is 19.4. The van der Waals surface area contributed by atoms with E-state index < -0.39 is 35.8 Å². The van der Waals surface area contributed by atoms with E-state index in [-0.39, 0.29) is 19.1 Å². The molecule has 0 unspecified atom stereocenters. The number of nitrogens with two attached hydrogens (primary N) is 1. The Balaban J connectivity index is 1.87. The number of likely N-dealkylation sites (tertiary alicyclic amines) is 1. The van der Waals surface area contributed by atoms with Gasteiger partial charge in [-0.05, 0) is 24.1 Å². The maximum atomic E-state index is 12.5. The molecule has 0 radical (unpaired) electrons. The minimum Gasteiger partial charge on any atom is -0.380 e. The van der Waals surface area contributed by atoms with Gasteiger partial charge in [-0.2, -0.15) is 13.2 Å². The Hall–Kier alpha value is -2.17. The van der Waals surface area contributed by atoms with E-state index in [0.717, 1.165) is 12.1 Å². The standard InChI is InChI=1S/C16H20F3N3O4/c17-16(18,19)10-3-1-9(2-4-10)7-21-14(25)12(23)13(24)15(26)22-6-5-11(20)8-22/h1-4,11-13,23-24H,5-8,20H2,(H,21,25)/t11-,12-,13-/m1/s1. The first-order valence-corrected chi connectivity index (χ1v) is 7.94. The van der Waals surface area contributed by atoms with E-state index in [9.17, 15) is 33.0 Å². The molecule has 10 heteroatoms. The topological polar surface area (TPSA) is 116 Å². The zero-order valence-corrected chi connectivity index (χ0v) is 13.7. The number of hydrogen-bond donors (Lipinski definition) is 4. The van der Waals surface area contributed by atoms with E-state index in [1.807, 2.05) is 0 Å². The third-order valence-electron chi connectivity index (χ3n) is 4.11. The smallest absolute Gasteiger partial charge is 0.380 e. The number of aliphatic hydroxyl groups excluding tert-OH is 2. The number of halogens is 3. The van der Waals surface area contributed by atoms with Crippen molar-refractivity contribution < 1.29 is 33.0 Å². The van der Waals surface area contributed by atoms with Gasteiger partial charge in [0.1, 0.15) is 0 Å². The minimum atomic E-state index is -4.46. The van der Waals surface area contributed by atoms with E-state index in [4.69, 9.17) is 5.73 Å². The molecular weight excluding hydrogens is 355 g/mol. The van der Waals surface area contributed by atoms with Crippen LogP contribution in [0.5, 0.6) is 0 Å². The predicted octanol–water partition coefficient (Wildman–Crippen LogP) is -0.397. The summed E-state index contributed by atoms with van der Waals surface area (Å²) >= 11 is 0. The summed E-state index contributed by atoms with van der Waals surface area (Å²) in [5.74, 6) is -1.80. The number of nitrogens with one attached hydrogen (secondary N) is 1. The molecule has 144 valence electrons. The fraction of sp³-hybridized carbons (Fsp3) is 0.500. The number of rotatable bonds is 5. The summed E-state index contributed by atoms with van der Waals surface area (Å²) in [7, 11) is 0. The van der Waals surface area contributed by atoms with Gasteiger partial charge in [-0.3, -0.25) is 9.59 Å². The largest absolute Gasteiger partial charge is 0.416 e. The van der Waals surface area contributed by atoms with Crippen LogP contribution in [0.2, 0.25) is 0 Å². The highest BCUT2D eigenvalue weighted by Gasteiger charge is 2.35. The molecule has 0 aliphatic carbocycles. The van der Waals surface area contributed by atoms with Crippen LogP contribution in [0.4, 0.5) is 13.2 Å². The molecule has 7 nitrogen and oxygen atoms in total. The highest BCUT2D eigenvalue weighted by Crippen LogP contribution is 2.29. The molecule has 1 saturated heterocycles. The summed E-state index contributed by atoms with van der Waals surface area (Å²) in [6.45, 7) is 0.399. The number of hydrogen-bond acceptors (Lipinski definition) is 5. The Labute approximate surface area is 147 Å². The molecular formula is C16H20F3N3O4. The van der Waals surface area contributed by atoms with Crippen molar-refractivity contribution in [3.8, 4) is 0 Å². The van der Waals surface area contributed by atoms with Crippen LogP contribution in [0.25, 0.3) is 0 Å². The van der Waals surface area contributed by atoms with Gasteiger partial charge in [-0.1, -0.05) is 12.1 Å². The van der Waals surface area contributed by atoms with E-state index in [1.165, 1.54) is 17.0 Å². The molecule has 0 saturated carbocycles. The van der Waals surface area contributed by atoms with Crippen LogP contribution in [0.15, 0.2) is 24.3 Å². The lowest BCUT2D eigenvalue weighted by Gasteiger charge is -2.22. The van der Waals surface area contributed by atoms with Crippen molar-refractivity contribution in [2.75, 3.05) is 13.1 Å². The van der Waals surface area contributed by atoms with Gasteiger partial charge >= 0.3 is 6.18 Å².